The van der Waals surface area contributed by atoms with Crippen LogP contribution in [0.2, 0.25) is 0 Å². The van der Waals surface area contributed by atoms with E-state index in [-0.39, 0.29) is 17.2 Å². The number of hydrogen-bond donors (Lipinski definition) is 1. The molecule has 0 radical (unpaired) electrons. The van der Waals surface area contributed by atoms with Gasteiger partial charge in [-0.3, -0.25) is 14.2 Å². The Morgan fingerprint density at radius 1 is 1.15 bits per heavy atom. The van der Waals surface area contributed by atoms with Crippen LogP contribution in [-0.4, -0.2) is 42.0 Å². The highest BCUT2D eigenvalue weighted by Crippen LogP contribution is 2.17. The van der Waals surface area contributed by atoms with Crippen LogP contribution >= 0.6 is 0 Å². The van der Waals surface area contributed by atoms with Crippen molar-refractivity contribution in [2.75, 3.05) is 6.61 Å². The van der Waals surface area contributed by atoms with Crippen LogP contribution in [0.3, 0.4) is 0 Å². The Morgan fingerprint density at radius 3 is 2.70 bits per heavy atom. The van der Waals surface area contributed by atoms with Crippen molar-refractivity contribution >= 4 is 21.8 Å². The third-order valence-corrected chi connectivity index (χ3v) is 4.87. The van der Waals surface area contributed by atoms with Crippen molar-refractivity contribution in [3.8, 4) is 5.95 Å². The lowest BCUT2D eigenvalue weighted by Crippen LogP contribution is -2.26. The van der Waals surface area contributed by atoms with Gasteiger partial charge < -0.3 is 9.30 Å². The quantitative estimate of drug-likeness (QED) is 0.543. The van der Waals surface area contributed by atoms with E-state index < -0.39 is 0 Å². The van der Waals surface area contributed by atoms with Crippen molar-refractivity contribution in [1.29, 1.82) is 0 Å². The number of fused-ring (bicyclic) bond motifs is 2. The molecule has 0 amide bonds. The highest BCUT2D eigenvalue weighted by atomic mass is 16.5. The summed E-state index contributed by atoms with van der Waals surface area (Å²) >= 11 is 0. The normalized spacial score (nSPS) is 17.1. The lowest BCUT2D eigenvalue weighted by Gasteiger charge is -2.12. The second kappa shape index (κ2) is 6.13. The summed E-state index contributed by atoms with van der Waals surface area (Å²) in [6.07, 6.45) is 6.66. The summed E-state index contributed by atoms with van der Waals surface area (Å²) in [5.74, 6) is 0.311. The molecule has 0 aromatic carbocycles. The first-order chi connectivity index (χ1) is 13.2. The summed E-state index contributed by atoms with van der Waals surface area (Å²) in [6.45, 7) is 1.24. The number of aromatic nitrogens is 6. The predicted octanol–water partition coefficient (Wildman–Crippen LogP) is 0.998. The summed E-state index contributed by atoms with van der Waals surface area (Å²) in [5, 5.41) is 7.19. The van der Waals surface area contributed by atoms with Crippen molar-refractivity contribution < 1.29 is 4.74 Å². The second-order valence-electron chi connectivity index (χ2n) is 6.56. The van der Waals surface area contributed by atoms with Crippen molar-refractivity contribution in [2.24, 2.45) is 0 Å². The van der Waals surface area contributed by atoms with E-state index in [2.05, 4.69) is 20.2 Å². The van der Waals surface area contributed by atoms with E-state index in [1.54, 1.807) is 35.2 Å². The number of nitrogens with zero attached hydrogens (tertiary/aromatic N) is 5. The second-order valence-corrected chi connectivity index (χ2v) is 6.56. The molecule has 9 nitrogen and oxygen atoms in total. The van der Waals surface area contributed by atoms with Gasteiger partial charge in [0, 0.05) is 19.0 Å². The molecule has 1 unspecified atom stereocenters. The van der Waals surface area contributed by atoms with E-state index in [0.717, 1.165) is 19.4 Å². The molecule has 0 aliphatic carbocycles. The van der Waals surface area contributed by atoms with E-state index in [1.807, 2.05) is 0 Å². The van der Waals surface area contributed by atoms with Crippen molar-refractivity contribution in [3.63, 3.8) is 0 Å². The first kappa shape index (κ1) is 15.9. The van der Waals surface area contributed by atoms with Crippen molar-refractivity contribution in [2.45, 2.75) is 25.5 Å². The average Bonchev–Trinajstić information content (AvgIpc) is 3.38. The van der Waals surface area contributed by atoms with Gasteiger partial charge in [0.05, 0.1) is 34.5 Å². The van der Waals surface area contributed by atoms with Crippen LogP contribution in [0.15, 0.2) is 46.5 Å². The molecule has 0 spiro atoms. The number of hydrogen-bond acceptors (Lipinski definition) is 6. The van der Waals surface area contributed by atoms with Gasteiger partial charge in [0.2, 0.25) is 5.95 Å². The summed E-state index contributed by atoms with van der Waals surface area (Å²) in [6, 6.07) is 5.13. The highest BCUT2D eigenvalue weighted by molar-refractivity contribution is 5.91. The van der Waals surface area contributed by atoms with Crippen LogP contribution in [-0.2, 0) is 11.3 Å². The molecule has 5 heterocycles. The van der Waals surface area contributed by atoms with Gasteiger partial charge in [0.25, 0.3) is 11.1 Å². The molecule has 1 saturated heterocycles. The third kappa shape index (κ3) is 2.63. The zero-order chi connectivity index (χ0) is 18.4. The van der Waals surface area contributed by atoms with Gasteiger partial charge in [0.1, 0.15) is 6.33 Å². The first-order valence-electron chi connectivity index (χ1n) is 8.73. The van der Waals surface area contributed by atoms with Gasteiger partial charge >= 0.3 is 0 Å². The molecule has 9 heteroatoms. The minimum Gasteiger partial charge on any atom is -0.376 e. The molecule has 5 rings (SSSR count). The summed E-state index contributed by atoms with van der Waals surface area (Å²) in [4.78, 5) is 34.3. The fourth-order valence-electron chi connectivity index (χ4n) is 3.50. The van der Waals surface area contributed by atoms with Gasteiger partial charge in [0.15, 0.2) is 0 Å². The topological polar surface area (TPSA) is 108 Å². The molecular formula is C18H16N6O3. The lowest BCUT2D eigenvalue weighted by molar-refractivity contribution is 0.0963. The molecular weight excluding hydrogens is 348 g/mol. The largest absolute Gasteiger partial charge is 0.376 e. The minimum atomic E-state index is -0.312. The Morgan fingerprint density at radius 2 is 1.96 bits per heavy atom. The van der Waals surface area contributed by atoms with Gasteiger partial charge in [-0.1, -0.05) is 0 Å². The number of H-pyrrole nitrogens is 1. The molecule has 27 heavy (non-hydrogen) atoms. The third-order valence-electron chi connectivity index (χ3n) is 4.87. The van der Waals surface area contributed by atoms with Crippen LogP contribution in [0.1, 0.15) is 12.8 Å². The zero-order valence-electron chi connectivity index (χ0n) is 14.3. The van der Waals surface area contributed by atoms with E-state index >= 15 is 0 Å². The maximum atomic E-state index is 12.9. The minimum absolute atomic E-state index is 0.0530. The Kier molecular flexibility index (Phi) is 3.61. The molecule has 0 bridgehead atoms. The SMILES string of the molecule is O=c1c2cc3c(=O)n(-c4ncn[nH]4)ccc3nc2ccn1CC1CCCO1. The molecule has 1 aliphatic heterocycles. The number of rotatable bonds is 3. The summed E-state index contributed by atoms with van der Waals surface area (Å²) in [5.41, 5.74) is 0.604. The van der Waals surface area contributed by atoms with Crippen molar-refractivity contribution in [3.05, 3.63) is 57.6 Å². The maximum absolute atomic E-state index is 12.9. The van der Waals surface area contributed by atoms with Crippen molar-refractivity contribution in [1.82, 2.24) is 29.3 Å². The number of aromatic amines is 1. The Labute approximate surface area is 152 Å². The Hall–Kier alpha value is -3.33. The molecule has 1 aliphatic rings. The van der Waals surface area contributed by atoms with Gasteiger partial charge in [-0.2, -0.15) is 10.1 Å². The first-order valence-corrected chi connectivity index (χ1v) is 8.73. The van der Waals surface area contributed by atoms with Gasteiger partial charge in [-0.05, 0) is 31.0 Å². The fourth-order valence-corrected chi connectivity index (χ4v) is 3.50. The predicted molar refractivity (Wildman–Crippen MR) is 98.0 cm³/mol. The summed E-state index contributed by atoms with van der Waals surface area (Å²) < 4.78 is 8.60. The monoisotopic (exact) mass is 364 g/mol. The smallest absolute Gasteiger partial charge is 0.266 e. The zero-order valence-corrected chi connectivity index (χ0v) is 14.3. The van der Waals surface area contributed by atoms with E-state index in [1.165, 1.54) is 10.9 Å². The molecule has 1 fully saturated rings. The van der Waals surface area contributed by atoms with Crippen LogP contribution in [0.4, 0.5) is 0 Å². The molecule has 4 aromatic heterocycles. The highest BCUT2D eigenvalue weighted by Gasteiger charge is 2.17. The molecule has 1 N–H and O–H groups in total. The van der Waals surface area contributed by atoms with E-state index in [4.69, 9.17) is 4.74 Å². The summed E-state index contributed by atoms with van der Waals surface area (Å²) in [7, 11) is 0. The molecule has 1 atom stereocenters. The van der Waals surface area contributed by atoms with Crippen LogP contribution in [0, 0.1) is 0 Å². The molecule has 4 aromatic rings. The van der Waals surface area contributed by atoms with Gasteiger partial charge in [-0.15, -0.1) is 0 Å². The van der Waals surface area contributed by atoms with E-state index in [9.17, 15) is 9.59 Å². The molecule has 136 valence electrons. The average molecular weight is 364 g/mol. The number of nitrogens with one attached hydrogen (secondary N) is 1. The number of ether oxygens (including phenoxy) is 1. The van der Waals surface area contributed by atoms with E-state index in [0.29, 0.717) is 34.3 Å². The Balaban J connectivity index is 1.69. The number of pyridine rings is 3. The lowest BCUT2D eigenvalue weighted by atomic mass is 10.2. The van der Waals surface area contributed by atoms with Crippen LogP contribution in [0.5, 0.6) is 0 Å². The Bertz CT molecular complexity index is 1250. The van der Waals surface area contributed by atoms with Gasteiger partial charge in [-0.25, -0.2) is 10.1 Å². The van der Waals surface area contributed by atoms with Crippen LogP contribution in [0.25, 0.3) is 27.8 Å². The van der Waals surface area contributed by atoms with Crippen LogP contribution < -0.4 is 11.1 Å². The fraction of sp³-hybridized carbons (Fsp3) is 0.278. The molecule has 0 saturated carbocycles. The maximum Gasteiger partial charge on any atom is 0.266 e. The standard InChI is InChI=1S/C18H16N6O3/c25-16-12-8-13-15(4-6-24(17(13)26)18-19-10-20-22-18)21-14(12)3-5-23(16)9-11-2-1-7-27-11/h3-6,8,10-11H,1-2,7,9H2,(H,19,20,22).